The second-order valence-electron chi connectivity index (χ2n) is 5.96. The largest absolute Gasteiger partial charge is 0.466 e. The zero-order valence-corrected chi connectivity index (χ0v) is 16.5. The van der Waals surface area contributed by atoms with Gasteiger partial charge in [0.15, 0.2) is 0 Å². The molecular formula is C14H16F7NO8S. The standard InChI is InChI=1S/C14H16F7NO8S/c1-7(2)9(24)30-12(13(17,18)19,10(25)22-6-8(3)23)29-5-4-11(15,16)14(20,21)31(26,27)28/h1,4-6H2,2-3H3,(H,22,25)(H,26,27,28). The molecule has 31 heavy (non-hydrogen) atoms. The lowest BCUT2D eigenvalue weighted by Crippen LogP contribution is -2.62. The third kappa shape index (κ3) is 6.60. The van der Waals surface area contributed by atoms with Crippen molar-refractivity contribution in [3.63, 3.8) is 0 Å². The van der Waals surface area contributed by atoms with Crippen LogP contribution in [0.15, 0.2) is 12.2 Å². The number of carbonyl (C=O) groups excluding carboxylic acids is 3. The van der Waals surface area contributed by atoms with Crippen LogP contribution in [0.4, 0.5) is 30.7 Å². The fourth-order valence-corrected chi connectivity index (χ4v) is 2.09. The van der Waals surface area contributed by atoms with E-state index in [4.69, 9.17) is 4.55 Å². The molecule has 0 aromatic rings. The second-order valence-corrected chi connectivity index (χ2v) is 7.43. The van der Waals surface area contributed by atoms with Crippen LogP contribution in [0.2, 0.25) is 0 Å². The summed E-state index contributed by atoms with van der Waals surface area (Å²) in [6, 6.07) is 0. The van der Waals surface area contributed by atoms with Crippen molar-refractivity contribution in [1.82, 2.24) is 5.32 Å². The van der Waals surface area contributed by atoms with Crippen LogP contribution in [0.25, 0.3) is 0 Å². The van der Waals surface area contributed by atoms with E-state index in [0.29, 0.717) is 0 Å². The summed E-state index contributed by atoms with van der Waals surface area (Å²) in [5, 5.41) is -4.77. The number of Topliss-reactive ketones (excluding diaryl/α,β-unsaturated/α-hetero) is 1. The first-order chi connectivity index (χ1) is 13.6. The molecule has 0 rings (SSSR count). The Kier molecular flexibility index (Phi) is 8.78. The summed E-state index contributed by atoms with van der Waals surface area (Å²) >= 11 is 0. The van der Waals surface area contributed by atoms with Gasteiger partial charge in [-0.1, -0.05) is 6.58 Å². The van der Waals surface area contributed by atoms with Gasteiger partial charge in [-0.2, -0.15) is 39.2 Å². The summed E-state index contributed by atoms with van der Waals surface area (Å²) in [7, 11) is -6.69. The molecule has 0 aliphatic rings. The molecule has 0 aromatic carbocycles. The molecule has 2 N–H and O–H groups in total. The van der Waals surface area contributed by atoms with Gasteiger partial charge >= 0.3 is 45.1 Å². The molecule has 0 aliphatic carbocycles. The number of halogens is 7. The van der Waals surface area contributed by atoms with Gasteiger partial charge < -0.3 is 14.8 Å². The maximum Gasteiger partial charge on any atom is 0.466 e. The minimum atomic E-state index is -6.69. The van der Waals surface area contributed by atoms with E-state index in [1.807, 2.05) is 0 Å². The molecule has 17 heteroatoms. The van der Waals surface area contributed by atoms with Gasteiger partial charge in [0.05, 0.1) is 13.2 Å². The number of ketones is 1. The molecule has 0 spiro atoms. The monoisotopic (exact) mass is 491 g/mol. The maximum atomic E-state index is 13.6. The van der Waals surface area contributed by atoms with Gasteiger partial charge in [0.1, 0.15) is 5.78 Å². The van der Waals surface area contributed by atoms with E-state index in [1.54, 1.807) is 0 Å². The Balaban J connectivity index is 6.05. The summed E-state index contributed by atoms with van der Waals surface area (Å²) in [5.41, 5.74) is -0.722. The van der Waals surface area contributed by atoms with Crippen LogP contribution in [0.1, 0.15) is 20.3 Å². The molecule has 0 radical (unpaired) electrons. The Hall–Kier alpha value is -2.27. The topological polar surface area (TPSA) is 136 Å². The minimum Gasteiger partial charge on any atom is -0.412 e. The van der Waals surface area contributed by atoms with Crippen LogP contribution in [-0.2, 0) is 34.0 Å². The Labute approximate surface area is 170 Å². The molecule has 1 unspecified atom stereocenters. The second kappa shape index (κ2) is 9.47. The third-order valence-corrected chi connectivity index (χ3v) is 4.17. The van der Waals surface area contributed by atoms with Crippen LogP contribution in [0.5, 0.6) is 0 Å². The summed E-state index contributed by atoms with van der Waals surface area (Å²) in [6.07, 6.45) is -8.48. The Bertz CT molecular complexity index is 840. The number of hydrogen-bond donors (Lipinski definition) is 2. The van der Waals surface area contributed by atoms with Gasteiger partial charge in [0.25, 0.3) is 0 Å². The van der Waals surface area contributed by atoms with E-state index in [0.717, 1.165) is 13.8 Å². The Morgan fingerprint density at radius 3 is 1.87 bits per heavy atom. The van der Waals surface area contributed by atoms with Crippen molar-refractivity contribution >= 4 is 27.8 Å². The lowest BCUT2D eigenvalue weighted by Gasteiger charge is -2.33. The Morgan fingerprint density at radius 2 is 1.52 bits per heavy atom. The molecule has 0 fully saturated rings. The molecule has 1 atom stereocenters. The molecule has 0 saturated carbocycles. The van der Waals surface area contributed by atoms with Crippen LogP contribution >= 0.6 is 0 Å². The molecule has 0 bridgehead atoms. The molecule has 0 aromatic heterocycles. The van der Waals surface area contributed by atoms with Gasteiger partial charge in [-0.25, -0.2) is 4.79 Å². The number of hydrogen-bond acceptors (Lipinski definition) is 7. The minimum absolute atomic E-state index is 0.722. The van der Waals surface area contributed by atoms with Crippen molar-refractivity contribution in [2.75, 3.05) is 13.2 Å². The number of rotatable bonds is 11. The van der Waals surface area contributed by atoms with Gasteiger partial charge in [-0.05, 0) is 13.8 Å². The first-order valence-electron chi connectivity index (χ1n) is 7.72. The summed E-state index contributed by atoms with van der Waals surface area (Å²) in [5.74, 6) is -15.6. The zero-order valence-electron chi connectivity index (χ0n) is 15.7. The number of esters is 1. The molecule has 1 amide bonds. The molecule has 180 valence electrons. The lowest BCUT2D eigenvalue weighted by molar-refractivity contribution is -0.349. The molecule has 0 heterocycles. The van der Waals surface area contributed by atoms with E-state index in [2.05, 4.69) is 16.1 Å². The predicted molar refractivity (Wildman–Crippen MR) is 85.4 cm³/mol. The molecular weight excluding hydrogens is 475 g/mol. The normalized spacial score (nSPS) is 15.0. The van der Waals surface area contributed by atoms with Gasteiger partial charge in [0.2, 0.25) is 0 Å². The highest BCUT2D eigenvalue weighted by atomic mass is 32.2. The van der Waals surface area contributed by atoms with Crippen molar-refractivity contribution in [1.29, 1.82) is 0 Å². The van der Waals surface area contributed by atoms with Crippen LogP contribution in [0, 0.1) is 0 Å². The average Bonchev–Trinajstić information content (AvgIpc) is 2.55. The maximum absolute atomic E-state index is 13.6. The SMILES string of the molecule is C=C(C)C(=O)OC(OCCC(F)(F)C(F)(F)S(=O)(=O)O)(C(=O)NCC(C)=O)C(F)(F)F. The summed E-state index contributed by atoms with van der Waals surface area (Å²) < 4.78 is 131. The van der Waals surface area contributed by atoms with Crippen molar-refractivity contribution in [2.24, 2.45) is 0 Å². The Morgan fingerprint density at radius 1 is 1.03 bits per heavy atom. The third-order valence-electron chi connectivity index (χ3n) is 3.23. The fraction of sp³-hybridized carbons (Fsp3) is 0.643. The van der Waals surface area contributed by atoms with Gasteiger partial charge in [-0.3, -0.25) is 14.1 Å². The summed E-state index contributed by atoms with van der Waals surface area (Å²) in [4.78, 5) is 34.5. The predicted octanol–water partition coefficient (Wildman–Crippen LogP) is 1.59. The summed E-state index contributed by atoms with van der Waals surface area (Å²) in [6.45, 7) is 1.41. The van der Waals surface area contributed by atoms with E-state index in [9.17, 15) is 53.5 Å². The van der Waals surface area contributed by atoms with Crippen molar-refractivity contribution in [3.05, 3.63) is 12.2 Å². The smallest absolute Gasteiger partial charge is 0.412 e. The highest BCUT2D eigenvalue weighted by Crippen LogP contribution is 2.42. The lowest BCUT2D eigenvalue weighted by atomic mass is 10.2. The quantitative estimate of drug-likeness (QED) is 0.146. The van der Waals surface area contributed by atoms with Crippen LogP contribution < -0.4 is 5.32 Å². The van der Waals surface area contributed by atoms with Crippen molar-refractivity contribution in [3.8, 4) is 0 Å². The molecule has 0 saturated heterocycles. The first-order valence-corrected chi connectivity index (χ1v) is 9.16. The van der Waals surface area contributed by atoms with Crippen LogP contribution in [0.3, 0.4) is 0 Å². The number of alkyl halides is 7. The van der Waals surface area contributed by atoms with Gasteiger partial charge in [0, 0.05) is 12.0 Å². The highest BCUT2D eigenvalue weighted by Gasteiger charge is 2.68. The molecule has 0 aliphatic heterocycles. The zero-order chi connectivity index (χ0) is 25.1. The fourth-order valence-electron chi connectivity index (χ4n) is 1.61. The average molecular weight is 491 g/mol. The van der Waals surface area contributed by atoms with E-state index < -0.39 is 76.1 Å². The van der Waals surface area contributed by atoms with Crippen molar-refractivity contribution in [2.45, 2.75) is 43.4 Å². The van der Waals surface area contributed by atoms with E-state index >= 15 is 0 Å². The van der Waals surface area contributed by atoms with Crippen molar-refractivity contribution < 1.29 is 67.6 Å². The van der Waals surface area contributed by atoms with E-state index in [1.165, 1.54) is 5.32 Å². The number of nitrogens with one attached hydrogen (secondary N) is 1. The number of amides is 1. The number of carbonyl (C=O) groups is 3. The van der Waals surface area contributed by atoms with E-state index in [-0.39, 0.29) is 0 Å². The highest BCUT2D eigenvalue weighted by molar-refractivity contribution is 7.87. The molecule has 9 nitrogen and oxygen atoms in total. The van der Waals surface area contributed by atoms with Crippen LogP contribution in [-0.4, -0.2) is 66.9 Å². The first kappa shape index (κ1) is 28.7. The van der Waals surface area contributed by atoms with Gasteiger partial charge in [-0.15, -0.1) is 0 Å². The number of ether oxygens (including phenoxy) is 2.